The third kappa shape index (κ3) is 7.22. The zero-order valence-electron chi connectivity index (χ0n) is 7.09. The lowest BCUT2D eigenvalue weighted by Crippen LogP contribution is -1.60. The zero-order valence-corrected chi connectivity index (χ0v) is 7.09. The molecule has 0 rings (SSSR count). The second-order valence-electron chi connectivity index (χ2n) is 2.48. The van der Waals surface area contributed by atoms with Crippen molar-refractivity contribution in [3.8, 4) is 0 Å². The Morgan fingerprint density at radius 3 is 2.40 bits per heavy atom. The summed E-state index contributed by atoms with van der Waals surface area (Å²) in [5, 5.41) is 0. The smallest absolute Gasteiger partial charge is 0.0166 e. The maximum atomic E-state index is 2.15. The number of rotatable bonds is 3. The first-order valence-electron chi connectivity index (χ1n) is 3.68. The summed E-state index contributed by atoms with van der Waals surface area (Å²) in [6.45, 7) is 6.23. The van der Waals surface area contributed by atoms with E-state index in [0.717, 1.165) is 6.42 Å². The van der Waals surface area contributed by atoms with Crippen LogP contribution in [0, 0.1) is 0 Å². The molecule has 0 saturated carbocycles. The van der Waals surface area contributed by atoms with Crippen molar-refractivity contribution in [2.75, 3.05) is 0 Å². The summed E-state index contributed by atoms with van der Waals surface area (Å²) < 4.78 is 0. The summed E-state index contributed by atoms with van der Waals surface area (Å²) >= 11 is 0. The largest absolute Gasteiger partial charge is 0.0914 e. The van der Waals surface area contributed by atoms with Crippen LogP contribution in [-0.4, -0.2) is 0 Å². The molecule has 0 bridgehead atoms. The van der Waals surface area contributed by atoms with Crippen LogP contribution in [0.3, 0.4) is 0 Å². The summed E-state index contributed by atoms with van der Waals surface area (Å²) in [7, 11) is 0. The summed E-state index contributed by atoms with van der Waals surface area (Å²) in [5.74, 6) is 0. The number of hydrogen-bond acceptors (Lipinski definition) is 0. The normalized spacial score (nSPS) is 11.1. The van der Waals surface area contributed by atoms with Gasteiger partial charge in [-0.2, -0.15) is 0 Å². The Morgan fingerprint density at radius 2 is 1.90 bits per heavy atom. The first-order valence-corrected chi connectivity index (χ1v) is 3.68. The predicted molar refractivity (Wildman–Crippen MR) is 48.0 cm³/mol. The lowest BCUT2D eigenvalue weighted by molar-refractivity contribution is 1.36. The van der Waals surface area contributed by atoms with Gasteiger partial charge in [-0.15, -0.1) is 0 Å². The van der Waals surface area contributed by atoms with Gasteiger partial charge in [0.1, 0.15) is 0 Å². The lowest BCUT2D eigenvalue weighted by Gasteiger charge is -1.81. The molecule has 0 radical (unpaired) electrons. The van der Waals surface area contributed by atoms with Crippen LogP contribution in [0.2, 0.25) is 0 Å². The monoisotopic (exact) mass is 136 g/mol. The summed E-state index contributed by atoms with van der Waals surface area (Å²) in [5.41, 5.74) is 1.34. The van der Waals surface area contributed by atoms with Gasteiger partial charge >= 0.3 is 0 Å². The van der Waals surface area contributed by atoms with Gasteiger partial charge in [0.25, 0.3) is 0 Å². The molecule has 0 fully saturated rings. The predicted octanol–water partition coefficient (Wildman–Crippen LogP) is 3.48. The highest BCUT2D eigenvalue weighted by Crippen LogP contribution is 1.91. The van der Waals surface area contributed by atoms with E-state index < -0.39 is 0 Å². The van der Waals surface area contributed by atoms with Gasteiger partial charge in [-0.05, 0) is 27.2 Å². The van der Waals surface area contributed by atoms with Crippen LogP contribution < -0.4 is 0 Å². The number of hydrogen-bond donors (Lipinski definition) is 0. The maximum Gasteiger partial charge on any atom is -0.0166 e. The van der Waals surface area contributed by atoms with Crippen molar-refractivity contribution in [2.45, 2.75) is 27.2 Å². The minimum absolute atomic E-state index is 1.04. The van der Waals surface area contributed by atoms with E-state index in [2.05, 4.69) is 44.2 Å². The molecule has 0 atom stereocenters. The highest BCUT2D eigenvalue weighted by atomic mass is 13.8. The Balaban J connectivity index is 3.47. The van der Waals surface area contributed by atoms with Crippen LogP contribution in [0.4, 0.5) is 0 Å². The van der Waals surface area contributed by atoms with Crippen molar-refractivity contribution in [1.29, 1.82) is 0 Å². The van der Waals surface area contributed by atoms with Gasteiger partial charge in [0, 0.05) is 0 Å². The molecular weight excluding hydrogens is 120 g/mol. The van der Waals surface area contributed by atoms with Gasteiger partial charge < -0.3 is 0 Å². The van der Waals surface area contributed by atoms with Crippen LogP contribution in [0.5, 0.6) is 0 Å². The van der Waals surface area contributed by atoms with Gasteiger partial charge in [0.05, 0.1) is 0 Å². The van der Waals surface area contributed by atoms with Crippen LogP contribution >= 0.6 is 0 Å². The molecule has 0 aromatic carbocycles. The van der Waals surface area contributed by atoms with Crippen LogP contribution in [0.15, 0.2) is 36.0 Å². The average Bonchev–Trinajstić information content (AvgIpc) is 1.87. The highest BCUT2D eigenvalue weighted by Gasteiger charge is 1.69. The van der Waals surface area contributed by atoms with Crippen molar-refractivity contribution in [3.63, 3.8) is 0 Å². The van der Waals surface area contributed by atoms with E-state index in [1.807, 2.05) is 6.92 Å². The van der Waals surface area contributed by atoms with E-state index in [4.69, 9.17) is 0 Å². The van der Waals surface area contributed by atoms with E-state index in [1.54, 1.807) is 0 Å². The minimum atomic E-state index is 1.04. The molecule has 0 aliphatic rings. The molecule has 0 heteroatoms. The third-order valence-electron chi connectivity index (χ3n) is 1.07. The average molecular weight is 136 g/mol. The van der Waals surface area contributed by atoms with Gasteiger partial charge in [0.2, 0.25) is 0 Å². The van der Waals surface area contributed by atoms with Crippen molar-refractivity contribution < 1.29 is 0 Å². The van der Waals surface area contributed by atoms with E-state index in [-0.39, 0.29) is 0 Å². The Morgan fingerprint density at radius 1 is 1.20 bits per heavy atom. The quantitative estimate of drug-likeness (QED) is 0.411. The molecule has 0 heterocycles. The van der Waals surface area contributed by atoms with Crippen molar-refractivity contribution in [1.82, 2.24) is 0 Å². The second kappa shape index (κ2) is 6.34. The van der Waals surface area contributed by atoms with E-state index >= 15 is 0 Å². The molecule has 0 saturated heterocycles. The molecule has 0 spiro atoms. The van der Waals surface area contributed by atoms with Crippen molar-refractivity contribution in [2.24, 2.45) is 0 Å². The molecule has 0 aromatic rings. The molecule has 0 aromatic heterocycles. The highest BCUT2D eigenvalue weighted by molar-refractivity contribution is 5.09. The van der Waals surface area contributed by atoms with E-state index in [0.29, 0.717) is 0 Å². The number of allylic oxidation sites excluding steroid dienone is 6. The third-order valence-corrected chi connectivity index (χ3v) is 1.07. The first-order chi connectivity index (χ1) is 4.77. The van der Waals surface area contributed by atoms with Gasteiger partial charge in [-0.25, -0.2) is 0 Å². The Kier molecular flexibility index (Phi) is 5.85. The van der Waals surface area contributed by atoms with Gasteiger partial charge in [0.15, 0.2) is 0 Å². The van der Waals surface area contributed by atoms with Gasteiger partial charge in [-0.1, -0.05) is 36.0 Å². The molecule has 0 aliphatic carbocycles. The standard InChI is InChI=1S/C10H16/c1-4-5-6-7-8-9-10(2)3/h4-5,7-9H,6H2,1-3H3/b5-4+,8-7+. The maximum absolute atomic E-state index is 2.15. The summed E-state index contributed by atoms with van der Waals surface area (Å²) in [6.07, 6.45) is 11.6. The fourth-order valence-corrected chi connectivity index (χ4v) is 0.554. The summed E-state index contributed by atoms with van der Waals surface area (Å²) in [4.78, 5) is 0. The van der Waals surface area contributed by atoms with Crippen molar-refractivity contribution >= 4 is 0 Å². The minimum Gasteiger partial charge on any atom is -0.0914 e. The fourth-order valence-electron chi connectivity index (χ4n) is 0.554. The lowest BCUT2D eigenvalue weighted by atomic mass is 10.3. The SMILES string of the molecule is C/C=C/C/C=C/C=C(C)C. The molecule has 0 amide bonds. The Hall–Kier alpha value is -0.780. The van der Waals surface area contributed by atoms with Gasteiger partial charge in [-0.3, -0.25) is 0 Å². The topological polar surface area (TPSA) is 0 Å². The van der Waals surface area contributed by atoms with Crippen LogP contribution in [0.25, 0.3) is 0 Å². The molecule has 0 aliphatic heterocycles. The first kappa shape index (κ1) is 9.22. The molecule has 56 valence electrons. The fraction of sp³-hybridized carbons (Fsp3) is 0.400. The summed E-state index contributed by atoms with van der Waals surface area (Å²) in [6, 6.07) is 0. The molecule has 0 unspecified atom stereocenters. The molecule has 0 nitrogen and oxygen atoms in total. The van der Waals surface area contributed by atoms with Crippen LogP contribution in [0.1, 0.15) is 27.2 Å². The van der Waals surface area contributed by atoms with Crippen molar-refractivity contribution in [3.05, 3.63) is 36.0 Å². The molecular formula is C10H16. The molecule has 10 heavy (non-hydrogen) atoms. The van der Waals surface area contributed by atoms with E-state index in [1.165, 1.54) is 5.57 Å². The van der Waals surface area contributed by atoms with Crippen LogP contribution in [-0.2, 0) is 0 Å². The Labute approximate surface area is 64.0 Å². The molecule has 0 N–H and O–H groups in total. The Bertz CT molecular complexity index is 143. The van der Waals surface area contributed by atoms with E-state index in [9.17, 15) is 0 Å². The second-order valence-corrected chi connectivity index (χ2v) is 2.48. The zero-order chi connectivity index (χ0) is 7.82.